The van der Waals surface area contributed by atoms with Gasteiger partial charge in [0.15, 0.2) is 11.5 Å². The second-order valence-electron chi connectivity index (χ2n) is 7.32. The van der Waals surface area contributed by atoms with Crippen LogP contribution in [0.4, 0.5) is 0 Å². The van der Waals surface area contributed by atoms with Gasteiger partial charge in [0.25, 0.3) is 5.91 Å². The number of pyridine rings is 1. The number of nitrogens with one attached hydrogen (secondary N) is 1. The van der Waals surface area contributed by atoms with Crippen LogP contribution in [0.3, 0.4) is 0 Å². The van der Waals surface area contributed by atoms with Gasteiger partial charge in [-0.3, -0.25) is 4.79 Å². The van der Waals surface area contributed by atoms with Crippen molar-refractivity contribution in [3.63, 3.8) is 0 Å². The summed E-state index contributed by atoms with van der Waals surface area (Å²) in [6.45, 7) is 1.94. The van der Waals surface area contributed by atoms with E-state index in [1.807, 2.05) is 84.4 Å². The zero-order valence-corrected chi connectivity index (χ0v) is 19.1. The van der Waals surface area contributed by atoms with Crippen molar-refractivity contribution in [2.75, 3.05) is 14.2 Å². The van der Waals surface area contributed by atoms with E-state index in [0.717, 1.165) is 27.6 Å². The summed E-state index contributed by atoms with van der Waals surface area (Å²) in [6.07, 6.45) is 4.03. The summed E-state index contributed by atoms with van der Waals surface area (Å²) >= 11 is 1.69. The van der Waals surface area contributed by atoms with Gasteiger partial charge in [-0.1, -0.05) is 12.1 Å². The van der Waals surface area contributed by atoms with Crippen LogP contribution in [0.5, 0.6) is 11.5 Å². The maximum absolute atomic E-state index is 12.7. The van der Waals surface area contributed by atoms with E-state index in [1.54, 1.807) is 26.0 Å². The van der Waals surface area contributed by atoms with E-state index in [2.05, 4.69) is 10.3 Å². The summed E-state index contributed by atoms with van der Waals surface area (Å²) in [6, 6.07) is 19.1. The molecule has 2 aromatic heterocycles. The molecule has 0 saturated heterocycles. The second kappa shape index (κ2) is 9.78. The first-order chi connectivity index (χ1) is 15.6. The second-order valence-corrected chi connectivity index (χ2v) is 8.37. The lowest BCUT2D eigenvalue weighted by Gasteiger charge is -2.16. The van der Waals surface area contributed by atoms with Gasteiger partial charge in [0.05, 0.1) is 26.0 Å². The van der Waals surface area contributed by atoms with Crippen LogP contribution < -0.4 is 14.8 Å². The molecule has 2 heterocycles. The molecule has 1 atom stereocenters. The number of hydrogen-bond donors (Lipinski definition) is 1. The molecule has 0 aliphatic carbocycles. The van der Waals surface area contributed by atoms with Crippen LogP contribution in [0, 0.1) is 0 Å². The number of fused-ring (bicyclic) bond motifs is 1. The van der Waals surface area contributed by atoms with Crippen LogP contribution in [0.1, 0.15) is 34.6 Å². The Morgan fingerprint density at radius 1 is 1.06 bits per heavy atom. The molecule has 2 aromatic carbocycles. The summed E-state index contributed by atoms with van der Waals surface area (Å²) in [5.41, 5.74) is 3.52. The Kier molecular flexibility index (Phi) is 6.66. The normalized spacial score (nSPS) is 11.8. The third-order valence-electron chi connectivity index (χ3n) is 5.17. The predicted octanol–water partition coefficient (Wildman–Crippen LogP) is 5.13. The number of ether oxygens (including phenoxy) is 2. The van der Waals surface area contributed by atoms with Gasteiger partial charge in [-0.2, -0.15) is 0 Å². The van der Waals surface area contributed by atoms with Crippen LogP contribution in [-0.2, 0) is 5.75 Å². The van der Waals surface area contributed by atoms with Crippen molar-refractivity contribution < 1.29 is 14.3 Å². The van der Waals surface area contributed by atoms with Gasteiger partial charge in [-0.15, -0.1) is 11.8 Å². The number of aromatic nitrogens is 2. The number of carbonyl (C=O) groups excluding carboxylic acids is 1. The van der Waals surface area contributed by atoms with Crippen molar-refractivity contribution >= 4 is 23.3 Å². The molecule has 0 fully saturated rings. The average Bonchev–Trinajstić information content (AvgIpc) is 3.25. The molecule has 4 aromatic rings. The summed E-state index contributed by atoms with van der Waals surface area (Å²) in [5, 5.41) is 3.04. The number of carbonyl (C=O) groups is 1. The minimum Gasteiger partial charge on any atom is -0.493 e. The Bertz CT molecular complexity index is 1190. The molecule has 0 aliphatic heterocycles. The summed E-state index contributed by atoms with van der Waals surface area (Å²) < 4.78 is 12.6. The molecular formula is C25H25N3O3S. The van der Waals surface area contributed by atoms with Gasteiger partial charge >= 0.3 is 0 Å². The highest BCUT2D eigenvalue weighted by Gasteiger charge is 2.14. The van der Waals surface area contributed by atoms with Crippen LogP contribution in [0.25, 0.3) is 5.65 Å². The number of imidazole rings is 1. The third-order valence-corrected chi connectivity index (χ3v) is 6.22. The van der Waals surface area contributed by atoms with Gasteiger partial charge in [-0.05, 0) is 61.0 Å². The van der Waals surface area contributed by atoms with E-state index < -0.39 is 0 Å². The van der Waals surface area contributed by atoms with E-state index in [1.165, 1.54) is 0 Å². The van der Waals surface area contributed by atoms with E-state index in [4.69, 9.17) is 9.47 Å². The Morgan fingerprint density at radius 2 is 1.84 bits per heavy atom. The highest BCUT2D eigenvalue weighted by molar-refractivity contribution is 7.98. The largest absolute Gasteiger partial charge is 0.493 e. The van der Waals surface area contributed by atoms with Gasteiger partial charge in [0.2, 0.25) is 0 Å². The minimum atomic E-state index is -0.175. The lowest BCUT2D eigenvalue weighted by Crippen LogP contribution is -2.26. The number of thioether (sulfide) groups is 1. The van der Waals surface area contributed by atoms with Crippen molar-refractivity contribution in [2.45, 2.75) is 23.6 Å². The Morgan fingerprint density at radius 3 is 2.56 bits per heavy atom. The smallest absolute Gasteiger partial charge is 0.251 e. The molecule has 0 spiro atoms. The maximum atomic E-state index is 12.7. The highest BCUT2D eigenvalue weighted by Crippen LogP contribution is 2.30. The zero-order chi connectivity index (χ0) is 22.5. The molecule has 0 aliphatic rings. The number of amides is 1. The standard InChI is InChI=1S/C25H25N3O3S/c1-17(19-9-12-22(30-2)23(14-19)31-3)26-25(29)18-7-10-21(11-8-18)32-16-20-15-28-13-5-4-6-24(28)27-20/h4-15,17H,16H2,1-3H3,(H,26,29). The van der Waals surface area contributed by atoms with Crippen molar-refractivity contribution in [1.29, 1.82) is 0 Å². The average molecular weight is 448 g/mol. The first-order valence-corrected chi connectivity index (χ1v) is 11.2. The van der Waals surface area contributed by atoms with Crippen molar-refractivity contribution in [3.8, 4) is 11.5 Å². The molecule has 7 heteroatoms. The Hall–Kier alpha value is -3.45. The molecular weight excluding hydrogens is 422 g/mol. The SMILES string of the molecule is COc1ccc(C(C)NC(=O)c2ccc(SCc3cn4ccccc4n3)cc2)cc1OC. The van der Waals surface area contributed by atoms with Crippen molar-refractivity contribution in [1.82, 2.24) is 14.7 Å². The van der Waals surface area contributed by atoms with Gasteiger partial charge in [-0.25, -0.2) is 4.98 Å². The predicted molar refractivity (Wildman–Crippen MR) is 127 cm³/mol. The topological polar surface area (TPSA) is 64.9 Å². The maximum Gasteiger partial charge on any atom is 0.251 e. The lowest BCUT2D eigenvalue weighted by molar-refractivity contribution is 0.0939. The molecule has 0 bridgehead atoms. The monoisotopic (exact) mass is 447 g/mol. The zero-order valence-electron chi connectivity index (χ0n) is 18.2. The Balaban J connectivity index is 1.36. The Labute approximate surface area is 191 Å². The van der Waals surface area contributed by atoms with Crippen LogP contribution in [-0.4, -0.2) is 29.5 Å². The van der Waals surface area contributed by atoms with Gasteiger partial charge in [0.1, 0.15) is 5.65 Å². The van der Waals surface area contributed by atoms with Crippen LogP contribution >= 0.6 is 11.8 Å². The molecule has 1 N–H and O–H groups in total. The molecule has 164 valence electrons. The fourth-order valence-electron chi connectivity index (χ4n) is 3.40. The van der Waals surface area contributed by atoms with Crippen LogP contribution in [0.15, 0.2) is 78.0 Å². The number of benzene rings is 2. The minimum absolute atomic E-state index is 0.121. The molecule has 0 radical (unpaired) electrons. The highest BCUT2D eigenvalue weighted by atomic mass is 32.2. The first kappa shape index (κ1) is 21.8. The number of nitrogens with zero attached hydrogens (tertiary/aromatic N) is 2. The van der Waals surface area contributed by atoms with E-state index >= 15 is 0 Å². The third kappa shape index (κ3) is 4.89. The summed E-state index contributed by atoms with van der Waals surface area (Å²) in [7, 11) is 3.20. The lowest BCUT2D eigenvalue weighted by atomic mass is 10.1. The first-order valence-electron chi connectivity index (χ1n) is 10.3. The quantitative estimate of drug-likeness (QED) is 0.379. The fraction of sp³-hybridized carbons (Fsp3) is 0.200. The van der Waals surface area contributed by atoms with Crippen molar-refractivity contribution in [3.05, 3.63) is 89.9 Å². The molecule has 6 nitrogen and oxygen atoms in total. The van der Waals surface area contributed by atoms with E-state index in [-0.39, 0.29) is 11.9 Å². The van der Waals surface area contributed by atoms with E-state index in [0.29, 0.717) is 17.1 Å². The number of hydrogen-bond acceptors (Lipinski definition) is 5. The van der Waals surface area contributed by atoms with E-state index in [9.17, 15) is 4.79 Å². The summed E-state index contributed by atoms with van der Waals surface area (Å²) in [5.74, 6) is 1.94. The molecule has 1 unspecified atom stereocenters. The molecule has 32 heavy (non-hydrogen) atoms. The van der Waals surface area contributed by atoms with Gasteiger partial charge < -0.3 is 19.2 Å². The number of methoxy groups -OCH3 is 2. The van der Waals surface area contributed by atoms with Crippen LogP contribution in [0.2, 0.25) is 0 Å². The summed E-state index contributed by atoms with van der Waals surface area (Å²) in [4.78, 5) is 18.4. The molecule has 4 rings (SSSR count). The number of rotatable bonds is 8. The molecule has 0 saturated carbocycles. The van der Waals surface area contributed by atoms with Crippen molar-refractivity contribution in [2.24, 2.45) is 0 Å². The molecule has 1 amide bonds. The van der Waals surface area contributed by atoms with Gasteiger partial charge in [0, 0.05) is 28.6 Å². The fourth-order valence-corrected chi connectivity index (χ4v) is 4.18.